The first-order valence-corrected chi connectivity index (χ1v) is 9.44. The van der Waals surface area contributed by atoms with Gasteiger partial charge in [0, 0.05) is 37.8 Å². The Morgan fingerprint density at radius 1 is 1.22 bits per heavy atom. The molecule has 144 valence electrons. The first-order valence-electron chi connectivity index (χ1n) is 9.06. The summed E-state index contributed by atoms with van der Waals surface area (Å²) < 4.78 is 0. The number of halogens is 1. The van der Waals surface area contributed by atoms with Gasteiger partial charge in [0.25, 0.3) is 0 Å². The number of carbonyl (C=O) groups is 1. The van der Waals surface area contributed by atoms with Gasteiger partial charge >= 0.3 is 0 Å². The lowest BCUT2D eigenvalue weighted by Gasteiger charge is -2.11. The SMILES string of the molecule is CCNC(=NCCC(=O)Nc1ccc(C)cc1Cl)NCCc1ccccn1. The maximum atomic E-state index is 12.1. The van der Waals surface area contributed by atoms with Crippen LogP contribution in [0.1, 0.15) is 24.6 Å². The molecule has 0 atom stereocenters. The Bertz CT molecular complexity index is 764. The lowest BCUT2D eigenvalue weighted by molar-refractivity contribution is -0.116. The first kappa shape index (κ1) is 20.7. The van der Waals surface area contributed by atoms with Crippen molar-refractivity contribution in [2.45, 2.75) is 26.7 Å². The van der Waals surface area contributed by atoms with Crippen molar-refractivity contribution in [3.63, 3.8) is 0 Å². The summed E-state index contributed by atoms with van der Waals surface area (Å²) in [5.74, 6) is 0.573. The zero-order chi connectivity index (χ0) is 19.5. The highest BCUT2D eigenvalue weighted by Gasteiger charge is 2.06. The smallest absolute Gasteiger partial charge is 0.226 e. The first-order chi connectivity index (χ1) is 13.1. The number of hydrogen-bond acceptors (Lipinski definition) is 3. The number of hydrogen-bond donors (Lipinski definition) is 3. The van der Waals surface area contributed by atoms with Gasteiger partial charge in [0.2, 0.25) is 5.91 Å². The van der Waals surface area contributed by atoms with Gasteiger partial charge in [-0.05, 0) is 43.7 Å². The number of aliphatic imine (C=N–C) groups is 1. The second kappa shape index (κ2) is 11.2. The van der Waals surface area contributed by atoms with Gasteiger partial charge in [-0.15, -0.1) is 0 Å². The number of nitrogens with one attached hydrogen (secondary N) is 3. The van der Waals surface area contributed by atoms with Crippen molar-refractivity contribution in [2.24, 2.45) is 4.99 Å². The molecule has 0 bridgehead atoms. The van der Waals surface area contributed by atoms with E-state index in [-0.39, 0.29) is 12.3 Å². The predicted molar refractivity (Wildman–Crippen MR) is 111 cm³/mol. The maximum absolute atomic E-state index is 12.1. The number of rotatable bonds is 8. The van der Waals surface area contributed by atoms with Crippen LogP contribution < -0.4 is 16.0 Å². The molecule has 0 aliphatic rings. The molecule has 7 heteroatoms. The van der Waals surface area contributed by atoms with E-state index in [4.69, 9.17) is 11.6 Å². The molecule has 1 aromatic carbocycles. The van der Waals surface area contributed by atoms with Crippen molar-refractivity contribution in [2.75, 3.05) is 25.0 Å². The van der Waals surface area contributed by atoms with Crippen LogP contribution in [0.3, 0.4) is 0 Å². The monoisotopic (exact) mass is 387 g/mol. The third-order valence-corrected chi connectivity index (χ3v) is 4.06. The number of benzene rings is 1. The minimum Gasteiger partial charge on any atom is -0.357 e. The number of anilines is 1. The van der Waals surface area contributed by atoms with Crippen LogP contribution in [-0.4, -0.2) is 36.5 Å². The molecule has 6 nitrogen and oxygen atoms in total. The van der Waals surface area contributed by atoms with Crippen LogP contribution in [0, 0.1) is 6.92 Å². The minimum absolute atomic E-state index is 0.117. The van der Waals surface area contributed by atoms with E-state index in [1.54, 1.807) is 6.20 Å². The van der Waals surface area contributed by atoms with Crippen molar-refractivity contribution < 1.29 is 4.79 Å². The molecule has 0 aliphatic carbocycles. The van der Waals surface area contributed by atoms with E-state index in [0.717, 1.165) is 24.2 Å². The molecule has 3 N–H and O–H groups in total. The molecular weight excluding hydrogens is 362 g/mol. The summed E-state index contributed by atoms with van der Waals surface area (Å²) in [4.78, 5) is 20.8. The molecule has 0 spiro atoms. The van der Waals surface area contributed by atoms with Gasteiger partial charge in [0.1, 0.15) is 0 Å². The molecule has 2 aromatic rings. The minimum atomic E-state index is -0.117. The Kier molecular flexibility index (Phi) is 8.58. The van der Waals surface area contributed by atoms with Crippen LogP contribution in [0.2, 0.25) is 5.02 Å². The molecule has 1 heterocycles. The fourth-order valence-electron chi connectivity index (χ4n) is 2.40. The topological polar surface area (TPSA) is 78.4 Å². The molecule has 2 rings (SSSR count). The van der Waals surface area contributed by atoms with Gasteiger partial charge in [-0.3, -0.25) is 14.8 Å². The van der Waals surface area contributed by atoms with E-state index < -0.39 is 0 Å². The molecule has 27 heavy (non-hydrogen) atoms. The summed E-state index contributed by atoms with van der Waals surface area (Å²) in [7, 11) is 0. The highest BCUT2D eigenvalue weighted by Crippen LogP contribution is 2.22. The fourth-order valence-corrected chi connectivity index (χ4v) is 2.68. The van der Waals surface area contributed by atoms with Crippen LogP contribution in [0.4, 0.5) is 5.69 Å². The number of carbonyl (C=O) groups excluding carboxylic acids is 1. The van der Waals surface area contributed by atoms with E-state index in [0.29, 0.717) is 29.8 Å². The summed E-state index contributed by atoms with van der Waals surface area (Å²) in [6.45, 7) is 5.81. The Balaban J connectivity index is 1.78. The van der Waals surface area contributed by atoms with Gasteiger partial charge in [0.05, 0.1) is 17.3 Å². The highest BCUT2D eigenvalue weighted by atomic mass is 35.5. The zero-order valence-electron chi connectivity index (χ0n) is 15.8. The lowest BCUT2D eigenvalue weighted by Crippen LogP contribution is -2.38. The van der Waals surface area contributed by atoms with E-state index >= 15 is 0 Å². The second-order valence-corrected chi connectivity index (χ2v) is 6.45. The van der Waals surface area contributed by atoms with Crippen LogP contribution in [-0.2, 0) is 11.2 Å². The van der Waals surface area contributed by atoms with E-state index in [1.165, 1.54) is 0 Å². The van der Waals surface area contributed by atoms with Crippen molar-refractivity contribution in [1.29, 1.82) is 0 Å². The third kappa shape index (κ3) is 7.66. The average molecular weight is 388 g/mol. The second-order valence-electron chi connectivity index (χ2n) is 6.04. The van der Waals surface area contributed by atoms with Gasteiger partial charge in [-0.2, -0.15) is 0 Å². The summed E-state index contributed by atoms with van der Waals surface area (Å²) in [5, 5.41) is 9.78. The van der Waals surface area contributed by atoms with Crippen LogP contribution in [0.5, 0.6) is 0 Å². The van der Waals surface area contributed by atoms with Gasteiger partial charge < -0.3 is 16.0 Å². The van der Waals surface area contributed by atoms with E-state index in [2.05, 4.69) is 25.9 Å². The largest absolute Gasteiger partial charge is 0.357 e. The van der Waals surface area contributed by atoms with E-state index in [9.17, 15) is 4.79 Å². The zero-order valence-corrected chi connectivity index (χ0v) is 16.5. The molecule has 0 unspecified atom stereocenters. The summed E-state index contributed by atoms with van der Waals surface area (Å²) in [5.41, 5.74) is 2.70. The number of aromatic nitrogens is 1. The molecule has 1 amide bonds. The summed E-state index contributed by atoms with van der Waals surface area (Å²) in [6.07, 6.45) is 2.87. The Hall–Kier alpha value is -2.60. The molecule has 1 aromatic heterocycles. The fraction of sp³-hybridized carbons (Fsp3) is 0.350. The van der Waals surface area contributed by atoms with Crippen molar-refractivity contribution in [3.8, 4) is 0 Å². The van der Waals surface area contributed by atoms with Crippen LogP contribution >= 0.6 is 11.6 Å². The van der Waals surface area contributed by atoms with Gasteiger partial charge in [-0.25, -0.2) is 0 Å². The number of nitrogens with zero attached hydrogens (tertiary/aromatic N) is 2. The standard InChI is InChI=1S/C20H26ClN5O/c1-3-22-20(24-12-9-16-6-4-5-11-23-16)25-13-10-19(27)26-18-8-7-15(2)14-17(18)21/h4-8,11,14H,3,9-10,12-13H2,1-2H3,(H,26,27)(H2,22,24,25). The summed E-state index contributed by atoms with van der Waals surface area (Å²) >= 11 is 6.14. The summed E-state index contributed by atoms with van der Waals surface area (Å²) in [6, 6.07) is 11.4. The maximum Gasteiger partial charge on any atom is 0.226 e. The quantitative estimate of drug-likeness (QED) is 0.480. The lowest BCUT2D eigenvalue weighted by atomic mass is 10.2. The third-order valence-electron chi connectivity index (χ3n) is 3.75. The van der Waals surface area contributed by atoms with Gasteiger partial charge in [0.15, 0.2) is 5.96 Å². The molecule has 0 saturated carbocycles. The molecule has 0 fully saturated rings. The number of amides is 1. The Morgan fingerprint density at radius 3 is 2.78 bits per heavy atom. The molecule has 0 saturated heterocycles. The van der Waals surface area contributed by atoms with Crippen molar-refractivity contribution in [1.82, 2.24) is 15.6 Å². The molecular formula is C20H26ClN5O. The Labute approximate surface area is 165 Å². The highest BCUT2D eigenvalue weighted by molar-refractivity contribution is 6.33. The van der Waals surface area contributed by atoms with Crippen LogP contribution in [0.15, 0.2) is 47.6 Å². The van der Waals surface area contributed by atoms with Crippen molar-refractivity contribution in [3.05, 3.63) is 58.9 Å². The average Bonchev–Trinajstić information content (AvgIpc) is 2.65. The number of guanidine groups is 1. The van der Waals surface area contributed by atoms with E-state index in [1.807, 2.05) is 50.2 Å². The predicted octanol–water partition coefficient (Wildman–Crippen LogP) is 3.17. The Morgan fingerprint density at radius 2 is 2.07 bits per heavy atom. The van der Waals surface area contributed by atoms with Crippen molar-refractivity contribution >= 4 is 29.2 Å². The molecule has 0 radical (unpaired) electrons. The van der Waals surface area contributed by atoms with Gasteiger partial charge in [-0.1, -0.05) is 23.7 Å². The van der Waals surface area contributed by atoms with Crippen LogP contribution in [0.25, 0.3) is 0 Å². The number of pyridine rings is 1. The normalized spacial score (nSPS) is 11.1. The molecule has 0 aliphatic heterocycles. The number of aryl methyl sites for hydroxylation is 1.